The van der Waals surface area contributed by atoms with Crippen molar-refractivity contribution in [2.75, 3.05) is 32.8 Å². The molecule has 1 aromatic rings. The Kier molecular flexibility index (Phi) is 4.16. The number of hydrogen-bond acceptors (Lipinski definition) is 4. The van der Waals surface area contributed by atoms with Gasteiger partial charge < -0.3 is 4.74 Å². The molecule has 3 saturated heterocycles. The number of hydrogen-bond donors (Lipinski definition) is 0. The zero-order valence-corrected chi connectivity index (χ0v) is 16.1. The van der Waals surface area contributed by atoms with Crippen LogP contribution in [0, 0.1) is 0 Å². The maximum atomic E-state index is 13.0. The first kappa shape index (κ1) is 17.2. The second-order valence-corrected chi connectivity index (χ2v) is 10.4. The van der Waals surface area contributed by atoms with E-state index >= 15 is 0 Å². The van der Waals surface area contributed by atoms with Gasteiger partial charge in [0, 0.05) is 19.1 Å². The molecule has 26 heavy (non-hydrogen) atoms. The van der Waals surface area contributed by atoms with Crippen LogP contribution in [0.5, 0.6) is 0 Å². The molecule has 1 unspecified atom stereocenters. The van der Waals surface area contributed by atoms with Gasteiger partial charge in [-0.05, 0) is 74.9 Å². The van der Waals surface area contributed by atoms with Gasteiger partial charge in [0.1, 0.15) is 0 Å². The third-order valence-corrected chi connectivity index (χ3v) is 8.52. The van der Waals surface area contributed by atoms with Crippen LogP contribution in [0.15, 0.2) is 23.1 Å². The number of rotatable bonds is 3. The van der Waals surface area contributed by atoms with E-state index in [2.05, 4.69) is 4.90 Å². The molecule has 3 fully saturated rings. The average Bonchev–Trinajstić information content (AvgIpc) is 3.27. The summed E-state index contributed by atoms with van der Waals surface area (Å²) in [4.78, 5) is 3.01. The minimum atomic E-state index is -3.39. The number of sulfonamides is 1. The lowest BCUT2D eigenvalue weighted by Crippen LogP contribution is -2.63. The van der Waals surface area contributed by atoms with Gasteiger partial charge in [0.25, 0.3) is 0 Å². The standard InChI is InChI=1S/C20H28N2O3S/c23-26(24,19-8-7-16-5-4-6-17(16)11-19)22-14-20(15-22)12-18(13-25-20)21-9-2-1-3-10-21/h7-8,11,18H,1-6,9-10,12-15H2. The average molecular weight is 377 g/mol. The van der Waals surface area contributed by atoms with Gasteiger partial charge in [0.2, 0.25) is 10.0 Å². The SMILES string of the molecule is O=S(=O)(c1ccc2c(c1)CCC2)N1CC2(CC(N3CCCCC3)CO2)C1. The number of aryl methyl sites for hydroxylation is 2. The number of nitrogens with zero attached hydrogens (tertiary/aromatic N) is 2. The fourth-order valence-corrected chi connectivity index (χ4v) is 6.82. The van der Waals surface area contributed by atoms with Crippen LogP contribution in [-0.2, 0) is 27.6 Å². The van der Waals surface area contributed by atoms with E-state index in [0.29, 0.717) is 24.0 Å². The van der Waals surface area contributed by atoms with Crippen LogP contribution < -0.4 is 0 Å². The summed E-state index contributed by atoms with van der Waals surface area (Å²) in [6.45, 7) is 4.11. The lowest BCUT2D eigenvalue weighted by Gasteiger charge is -2.46. The molecule has 3 aliphatic heterocycles. The second-order valence-electron chi connectivity index (χ2n) is 8.51. The number of piperidine rings is 1. The van der Waals surface area contributed by atoms with Crippen LogP contribution in [-0.4, -0.2) is 62.1 Å². The van der Waals surface area contributed by atoms with Crippen molar-refractivity contribution in [3.63, 3.8) is 0 Å². The van der Waals surface area contributed by atoms with Crippen molar-refractivity contribution in [3.05, 3.63) is 29.3 Å². The molecule has 0 radical (unpaired) electrons. The lowest BCUT2D eigenvalue weighted by molar-refractivity contribution is -0.0774. The van der Waals surface area contributed by atoms with Crippen LogP contribution in [0.4, 0.5) is 0 Å². The maximum absolute atomic E-state index is 13.0. The van der Waals surface area contributed by atoms with Crippen LogP contribution in [0.3, 0.4) is 0 Å². The summed E-state index contributed by atoms with van der Waals surface area (Å²) in [7, 11) is -3.39. The molecule has 0 aromatic heterocycles. The molecular formula is C20H28N2O3S. The van der Waals surface area contributed by atoms with Gasteiger partial charge in [-0.2, -0.15) is 4.31 Å². The molecule has 5 rings (SSSR count). The van der Waals surface area contributed by atoms with Crippen molar-refractivity contribution >= 4 is 10.0 Å². The third-order valence-electron chi connectivity index (χ3n) is 6.73. The Hall–Kier alpha value is -0.950. The van der Waals surface area contributed by atoms with Gasteiger partial charge >= 0.3 is 0 Å². The fraction of sp³-hybridized carbons (Fsp3) is 0.700. The molecule has 6 heteroatoms. The Morgan fingerprint density at radius 1 is 1.00 bits per heavy atom. The number of likely N-dealkylation sites (tertiary alicyclic amines) is 1. The largest absolute Gasteiger partial charge is 0.371 e. The van der Waals surface area contributed by atoms with E-state index in [1.54, 1.807) is 10.4 Å². The first-order valence-corrected chi connectivity index (χ1v) is 11.5. The van der Waals surface area contributed by atoms with Crippen LogP contribution in [0.2, 0.25) is 0 Å². The Labute approximate surface area is 156 Å². The quantitative estimate of drug-likeness (QED) is 0.811. The predicted molar refractivity (Wildman–Crippen MR) is 99.7 cm³/mol. The van der Waals surface area contributed by atoms with Crippen molar-refractivity contribution in [1.82, 2.24) is 9.21 Å². The molecule has 1 spiro atoms. The van der Waals surface area contributed by atoms with E-state index < -0.39 is 10.0 Å². The van der Waals surface area contributed by atoms with Crippen LogP contribution >= 0.6 is 0 Å². The molecule has 1 atom stereocenters. The fourth-order valence-electron chi connectivity index (χ4n) is 5.18. The van der Waals surface area contributed by atoms with Gasteiger partial charge in [0.15, 0.2) is 0 Å². The van der Waals surface area contributed by atoms with Gasteiger partial charge in [-0.15, -0.1) is 0 Å². The summed E-state index contributed by atoms with van der Waals surface area (Å²) in [6, 6.07) is 6.16. The highest BCUT2D eigenvalue weighted by atomic mass is 32.2. The monoisotopic (exact) mass is 376 g/mol. The van der Waals surface area contributed by atoms with E-state index in [-0.39, 0.29) is 5.60 Å². The first-order valence-electron chi connectivity index (χ1n) is 10.1. The van der Waals surface area contributed by atoms with E-state index in [0.717, 1.165) is 32.3 Å². The third kappa shape index (κ3) is 2.82. The van der Waals surface area contributed by atoms with Gasteiger partial charge in [-0.25, -0.2) is 8.42 Å². The highest BCUT2D eigenvalue weighted by Gasteiger charge is 2.54. The molecule has 0 N–H and O–H groups in total. The van der Waals surface area contributed by atoms with E-state index in [9.17, 15) is 8.42 Å². The van der Waals surface area contributed by atoms with Crippen LogP contribution in [0.25, 0.3) is 0 Å². The van der Waals surface area contributed by atoms with E-state index in [1.807, 2.05) is 12.1 Å². The molecule has 142 valence electrons. The highest BCUT2D eigenvalue weighted by molar-refractivity contribution is 7.89. The Balaban J connectivity index is 1.26. The summed E-state index contributed by atoms with van der Waals surface area (Å²) in [5.74, 6) is 0. The smallest absolute Gasteiger partial charge is 0.243 e. The summed E-state index contributed by atoms with van der Waals surface area (Å²) < 4.78 is 33.7. The number of fused-ring (bicyclic) bond motifs is 1. The van der Waals surface area contributed by atoms with Gasteiger partial charge in [-0.1, -0.05) is 12.5 Å². The summed E-state index contributed by atoms with van der Waals surface area (Å²) >= 11 is 0. The molecule has 1 aromatic carbocycles. The molecule has 0 amide bonds. The van der Waals surface area contributed by atoms with Crippen molar-refractivity contribution < 1.29 is 13.2 Å². The Morgan fingerprint density at radius 2 is 1.77 bits per heavy atom. The predicted octanol–water partition coefficient (Wildman–Crippen LogP) is 2.19. The van der Waals surface area contributed by atoms with Gasteiger partial charge in [0.05, 0.1) is 17.1 Å². The maximum Gasteiger partial charge on any atom is 0.243 e. The minimum Gasteiger partial charge on any atom is -0.371 e. The number of ether oxygens (including phenoxy) is 1. The first-order chi connectivity index (χ1) is 12.6. The molecule has 0 saturated carbocycles. The molecule has 3 heterocycles. The molecular weight excluding hydrogens is 348 g/mol. The van der Waals surface area contributed by atoms with Crippen molar-refractivity contribution in [3.8, 4) is 0 Å². The van der Waals surface area contributed by atoms with Crippen LogP contribution in [0.1, 0.15) is 43.2 Å². The minimum absolute atomic E-state index is 0.244. The second kappa shape index (κ2) is 6.30. The van der Waals surface area contributed by atoms with Crippen molar-refractivity contribution in [1.29, 1.82) is 0 Å². The van der Waals surface area contributed by atoms with E-state index in [1.165, 1.54) is 43.5 Å². The Morgan fingerprint density at radius 3 is 2.58 bits per heavy atom. The summed E-state index contributed by atoms with van der Waals surface area (Å²) in [5.41, 5.74) is 2.28. The topological polar surface area (TPSA) is 49.9 Å². The normalized spacial score (nSPS) is 29.0. The number of benzene rings is 1. The molecule has 4 aliphatic rings. The zero-order valence-electron chi connectivity index (χ0n) is 15.3. The highest BCUT2D eigenvalue weighted by Crippen LogP contribution is 2.40. The van der Waals surface area contributed by atoms with E-state index in [4.69, 9.17) is 4.74 Å². The summed E-state index contributed by atoms with van der Waals surface area (Å²) in [5, 5.41) is 0. The van der Waals surface area contributed by atoms with Gasteiger partial charge in [-0.3, -0.25) is 4.90 Å². The van der Waals surface area contributed by atoms with Crippen molar-refractivity contribution in [2.24, 2.45) is 0 Å². The Bertz CT molecular complexity index is 795. The lowest BCUT2D eigenvalue weighted by atomic mass is 9.91. The summed E-state index contributed by atoms with van der Waals surface area (Å²) in [6.07, 6.45) is 8.09. The zero-order chi connectivity index (χ0) is 17.8. The molecule has 1 aliphatic carbocycles. The molecule has 5 nitrogen and oxygen atoms in total. The van der Waals surface area contributed by atoms with Crippen molar-refractivity contribution in [2.45, 2.75) is 61.5 Å². The molecule has 0 bridgehead atoms.